The van der Waals surface area contributed by atoms with Gasteiger partial charge >= 0.3 is 0 Å². The van der Waals surface area contributed by atoms with Crippen LogP contribution in [0, 0.1) is 22.7 Å². The molecule has 0 aliphatic heterocycles. The SMILES string of the molecule is CC1CCCC1NC(=O)C1(C#N)CCCCCC1. The third kappa shape index (κ3) is 2.68. The second-order valence-electron chi connectivity index (χ2n) is 6.10. The summed E-state index contributed by atoms with van der Waals surface area (Å²) in [5, 5.41) is 12.6. The first kappa shape index (κ1) is 13.4. The minimum absolute atomic E-state index is 0.00523. The van der Waals surface area contributed by atoms with Crippen molar-refractivity contribution >= 4 is 5.91 Å². The van der Waals surface area contributed by atoms with Crippen LogP contribution >= 0.6 is 0 Å². The van der Waals surface area contributed by atoms with Crippen LogP contribution in [0.15, 0.2) is 0 Å². The van der Waals surface area contributed by atoms with Crippen molar-refractivity contribution in [2.45, 2.75) is 70.8 Å². The van der Waals surface area contributed by atoms with E-state index in [0.717, 1.165) is 44.9 Å². The van der Waals surface area contributed by atoms with Crippen molar-refractivity contribution in [1.82, 2.24) is 5.32 Å². The second-order valence-corrected chi connectivity index (χ2v) is 6.10. The second kappa shape index (κ2) is 5.73. The van der Waals surface area contributed by atoms with Crippen molar-refractivity contribution in [3.63, 3.8) is 0 Å². The largest absolute Gasteiger partial charge is 0.352 e. The number of rotatable bonds is 2. The molecule has 3 heteroatoms. The summed E-state index contributed by atoms with van der Waals surface area (Å²) >= 11 is 0. The Morgan fingerprint density at radius 3 is 2.33 bits per heavy atom. The lowest BCUT2D eigenvalue weighted by atomic mass is 9.80. The van der Waals surface area contributed by atoms with Gasteiger partial charge in [0.15, 0.2) is 0 Å². The molecule has 0 aromatic carbocycles. The van der Waals surface area contributed by atoms with E-state index in [2.05, 4.69) is 18.3 Å². The van der Waals surface area contributed by atoms with E-state index in [4.69, 9.17) is 0 Å². The molecule has 1 N–H and O–H groups in total. The van der Waals surface area contributed by atoms with Crippen molar-refractivity contribution in [3.8, 4) is 6.07 Å². The monoisotopic (exact) mass is 248 g/mol. The minimum Gasteiger partial charge on any atom is -0.352 e. The van der Waals surface area contributed by atoms with E-state index < -0.39 is 5.41 Å². The summed E-state index contributed by atoms with van der Waals surface area (Å²) in [7, 11) is 0. The Morgan fingerprint density at radius 1 is 1.17 bits per heavy atom. The molecule has 0 bridgehead atoms. The first-order valence-electron chi connectivity index (χ1n) is 7.40. The van der Waals surface area contributed by atoms with Crippen molar-refractivity contribution in [2.24, 2.45) is 11.3 Å². The Balaban J connectivity index is 2.02. The van der Waals surface area contributed by atoms with Crippen LogP contribution in [0.3, 0.4) is 0 Å². The summed E-state index contributed by atoms with van der Waals surface area (Å²) in [6.07, 6.45) is 9.33. The van der Waals surface area contributed by atoms with Gasteiger partial charge in [0.05, 0.1) is 6.07 Å². The van der Waals surface area contributed by atoms with Crippen LogP contribution < -0.4 is 5.32 Å². The maximum absolute atomic E-state index is 12.5. The zero-order chi connectivity index (χ0) is 13.0. The highest BCUT2D eigenvalue weighted by molar-refractivity contribution is 5.85. The van der Waals surface area contributed by atoms with Crippen LogP contribution in [0.5, 0.6) is 0 Å². The van der Waals surface area contributed by atoms with Crippen molar-refractivity contribution in [3.05, 3.63) is 0 Å². The van der Waals surface area contributed by atoms with Crippen molar-refractivity contribution < 1.29 is 4.79 Å². The van der Waals surface area contributed by atoms with Crippen LogP contribution in [0.2, 0.25) is 0 Å². The van der Waals surface area contributed by atoms with Gasteiger partial charge in [-0.2, -0.15) is 5.26 Å². The number of amides is 1. The standard InChI is InChI=1S/C15H24N2O/c1-12-7-6-8-13(12)17-14(18)15(11-16)9-4-2-3-5-10-15/h12-13H,2-10H2,1H3,(H,17,18). The minimum atomic E-state index is -0.737. The Labute approximate surface area is 110 Å². The molecule has 0 spiro atoms. The molecule has 2 aliphatic carbocycles. The molecule has 18 heavy (non-hydrogen) atoms. The quantitative estimate of drug-likeness (QED) is 0.763. The number of nitrogens with one attached hydrogen (secondary N) is 1. The van der Waals surface area contributed by atoms with E-state index in [9.17, 15) is 10.1 Å². The Bertz CT molecular complexity index is 337. The Morgan fingerprint density at radius 2 is 1.83 bits per heavy atom. The van der Waals surface area contributed by atoms with Gasteiger partial charge in [-0.15, -0.1) is 0 Å². The zero-order valence-electron chi connectivity index (χ0n) is 11.4. The van der Waals surface area contributed by atoms with E-state index in [-0.39, 0.29) is 5.91 Å². The van der Waals surface area contributed by atoms with E-state index in [1.807, 2.05) is 0 Å². The maximum Gasteiger partial charge on any atom is 0.240 e. The lowest BCUT2D eigenvalue weighted by Gasteiger charge is -2.27. The number of hydrogen-bond donors (Lipinski definition) is 1. The lowest BCUT2D eigenvalue weighted by Crippen LogP contribution is -2.45. The molecule has 0 heterocycles. The van der Waals surface area contributed by atoms with Gasteiger partial charge in [0.25, 0.3) is 0 Å². The summed E-state index contributed by atoms with van der Waals surface area (Å²) in [6, 6.07) is 2.63. The first-order chi connectivity index (χ1) is 8.68. The molecule has 2 atom stereocenters. The van der Waals surface area contributed by atoms with E-state index in [1.54, 1.807) is 0 Å². The average molecular weight is 248 g/mol. The summed E-state index contributed by atoms with van der Waals surface area (Å²) in [4.78, 5) is 12.5. The number of carbonyl (C=O) groups excluding carboxylic acids is 1. The van der Waals surface area contributed by atoms with Gasteiger partial charge in [0.2, 0.25) is 5.91 Å². The van der Waals surface area contributed by atoms with Gasteiger partial charge in [0.1, 0.15) is 5.41 Å². The van der Waals surface area contributed by atoms with E-state index >= 15 is 0 Å². The van der Waals surface area contributed by atoms with Crippen LogP contribution in [0.4, 0.5) is 0 Å². The molecule has 100 valence electrons. The molecule has 0 aromatic heterocycles. The lowest BCUT2D eigenvalue weighted by molar-refractivity contribution is -0.129. The summed E-state index contributed by atoms with van der Waals surface area (Å²) in [6.45, 7) is 2.20. The Kier molecular flexibility index (Phi) is 4.27. The molecule has 1 amide bonds. The summed E-state index contributed by atoms with van der Waals surface area (Å²) < 4.78 is 0. The van der Waals surface area contributed by atoms with Gasteiger partial charge in [-0.3, -0.25) is 4.79 Å². The third-order valence-electron chi connectivity index (χ3n) is 4.78. The molecule has 0 radical (unpaired) electrons. The number of hydrogen-bond acceptors (Lipinski definition) is 2. The molecular weight excluding hydrogens is 224 g/mol. The van der Waals surface area contributed by atoms with Crippen molar-refractivity contribution in [1.29, 1.82) is 5.26 Å². The van der Waals surface area contributed by atoms with Gasteiger partial charge in [-0.05, 0) is 31.6 Å². The van der Waals surface area contributed by atoms with Crippen LogP contribution in [0.1, 0.15) is 64.7 Å². The highest BCUT2D eigenvalue weighted by atomic mass is 16.2. The molecule has 0 saturated heterocycles. The van der Waals surface area contributed by atoms with E-state index in [1.165, 1.54) is 12.8 Å². The fourth-order valence-electron chi connectivity index (χ4n) is 3.39. The number of nitriles is 1. The predicted octanol–water partition coefficient (Wildman–Crippen LogP) is 3.16. The number of carbonyl (C=O) groups is 1. The van der Waals surface area contributed by atoms with Crippen LogP contribution in [-0.2, 0) is 4.79 Å². The van der Waals surface area contributed by atoms with Gasteiger partial charge in [-0.25, -0.2) is 0 Å². The third-order valence-corrected chi connectivity index (χ3v) is 4.78. The summed E-state index contributed by atoms with van der Waals surface area (Å²) in [5.41, 5.74) is -0.737. The normalized spacial score (nSPS) is 31.3. The molecule has 0 aromatic rings. The molecule has 2 unspecified atom stereocenters. The molecular formula is C15H24N2O. The van der Waals surface area contributed by atoms with Gasteiger partial charge in [0, 0.05) is 6.04 Å². The van der Waals surface area contributed by atoms with Crippen LogP contribution in [0.25, 0.3) is 0 Å². The molecule has 2 rings (SSSR count). The molecule has 2 aliphatic rings. The van der Waals surface area contributed by atoms with Crippen LogP contribution in [-0.4, -0.2) is 11.9 Å². The molecule has 3 nitrogen and oxygen atoms in total. The highest BCUT2D eigenvalue weighted by Crippen LogP contribution is 2.35. The van der Waals surface area contributed by atoms with E-state index in [0.29, 0.717) is 12.0 Å². The molecule has 2 saturated carbocycles. The average Bonchev–Trinajstić information content (AvgIpc) is 2.66. The maximum atomic E-state index is 12.5. The summed E-state index contributed by atoms with van der Waals surface area (Å²) in [5.74, 6) is 0.570. The zero-order valence-corrected chi connectivity index (χ0v) is 11.4. The van der Waals surface area contributed by atoms with Crippen molar-refractivity contribution in [2.75, 3.05) is 0 Å². The predicted molar refractivity (Wildman–Crippen MR) is 70.7 cm³/mol. The Hall–Kier alpha value is -1.04. The smallest absolute Gasteiger partial charge is 0.240 e. The topological polar surface area (TPSA) is 52.9 Å². The highest BCUT2D eigenvalue weighted by Gasteiger charge is 2.40. The van der Waals surface area contributed by atoms with Gasteiger partial charge < -0.3 is 5.32 Å². The first-order valence-corrected chi connectivity index (χ1v) is 7.40. The fourth-order valence-corrected chi connectivity index (χ4v) is 3.39. The van der Waals surface area contributed by atoms with Gasteiger partial charge in [-0.1, -0.05) is 39.0 Å². The number of nitrogens with zero attached hydrogens (tertiary/aromatic N) is 1. The molecule has 2 fully saturated rings. The fraction of sp³-hybridized carbons (Fsp3) is 0.867.